The molecule has 0 aliphatic heterocycles. The molecule has 0 spiro atoms. The Morgan fingerprint density at radius 2 is 1.71 bits per heavy atom. The van der Waals surface area contributed by atoms with Crippen molar-refractivity contribution in [3.05, 3.63) is 30.3 Å². The number of nitrogens with one attached hydrogen (secondary N) is 3. The zero-order chi connectivity index (χ0) is 12.5. The van der Waals surface area contributed by atoms with Gasteiger partial charge in [-0.15, -0.1) is 0 Å². The maximum Gasteiger partial charge on any atom is 0.238 e. The predicted molar refractivity (Wildman–Crippen MR) is 66.6 cm³/mol. The standard InChI is InChI=1S/C12H17N3O2/c1-2-14-11(16)8-13-9-12(17)15-10-6-4-3-5-7-10/h3-7,13H,2,8-9H2,1H3,(H,14,16)(H,15,17). The van der Waals surface area contributed by atoms with Gasteiger partial charge in [0, 0.05) is 12.2 Å². The maximum absolute atomic E-state index is 11.4. The van der Waals surface area contributed by atoms with Gasteiger partial charge in [0.25, 0.3) is 0 Å². The molecule has 0 aliphatic carbocycles. The van der Waals surface area contributed by atoms with Gasteiger partial charge in [-0.25, -0.2) is 0 Å². The van der Waals surface area contributed by atoms with Gasteiger partial charge in [0.15, 0.2) is 0 Å². The number of carbonyl (C=O) groups excluding carboxylic acids is 2. The number of hydrogen-bond donors (Lipinski definition) is 3. The molecule has 1 rings (SSSR count). The monoisotopic (exact) mass is 235 g/mol. The average molecular weight is 235 g/mol. The number of benzene rings is 1. The van der Waals surface area contributed by atoms with E-state index in [9.17, 15) is 9.59 Å². The summed E-state index contributed by atoms with van der Waals surface area (Å²) in [6.07, 6.45) is 0. The molecular formula is C12H17N3O2. The van der Waals surface area contributed by atoms with Crippen LogP contribution in [0, 0.1) is 0 Å². The fraction of sp³-hybridized carbons (Fsp3) is 0.333. The second-order valence-corrected chi connectivity index (χ2v) is 3.47. The molecule has 0 bridgehead atoms. The van der Waals surface area contributed by atoms with Crippen LogP contribution in [0.2, 0.25) is 0 Å². The van der Waals surface area contributed by atoms with Crippen LogP contribution in [0.25, 0.3) is 0 Å². The Labute approximate surface area is 101 Å². The lowest BCUT2D eigenvalue weighted by atomic mass is 10.3. The van der Waals surface area contributed by atoms with E-state index < -0.39 is 0 Å². The lowest BCUT2D eigenvalue weighted by Crippen LogP contribution is -2.37. The second-order valence-electron chi connectivity index (χ2n) is 3.47. The summed E-state index contributed by atoms with van der Waals surface area (Å²) < 4.78 is 0. The minimum absolute atomic E-state index is 0.111. The molecule has 1 aromatic rings. The van der Waals surface area contributed by atoms with E-state index in [1.807, 2.05) is 37.3 Å². The molecule has 0 aliphatic rings. The summed E-state index contributed by atoms with van der Waals surface area (Å²) in [5.74, 6) is -0.277. The summed E-state index contributed by atoms with van der Waals surface area (Å²) in [4.78, 5) is 22.5. The van der Waals surface area contributed by atoms with Gasteiger partial charge in [-0.1, -0.05) is 18.2 Å². The third-order valence-electron chi connectivity index (χ3n) is 2.00. The van der Waals surface area contributed by atoms with E-state index in [-0.39, 0.29) is 24.9 Å². The molecule has 2 amide bonds. The van der Waals surface area contributed by atoms with Gasteiger partial charge in [0.05, 0.1) is 13.1 Å². The van der Waals surface area contributed by atoms with Gasteiger partial charge in [0.1, 0.15) is 0 Å². The summed E-state index contributed by atoms with van der Waals surface area (Å²) in [5.41, 5.74) is 0.748. The molecule has 0 saturated carbocycles. The number of likely N-dealkylation sites (N-methyl/N-ethyl adjacent to an activating group) is 1. The van der Waals surface area contributed by atoms with Gasteiger partial charge in [0.2, 0.25) is 11.8 Å². The van der Waals surface area contributed by atoms with Crippen molar-refractivity contribution < 1.29 is 9.59 Å². The summed E-state index contributed by atoms with van der Waals surface area (Å²) in [7, 11) is 0. The molecule has 17 heavy (non-hydrogen) atoms. The van der Waals surface area contributed by atoms with Gasteiger partial charge in [-0.3, -0.25) is 14.9 Å². The van der Waals surface area contributed by atoms with Crippen molar-refractivity contribution in [1.29, 1.82) is 0 Å². The lowest BCUT2D eigenvalue weighted by molar-refractivity contribution is -0.120. The first-order valence-electron chi connectivity index (χ1n) is 5.54. The van der Waals surface area contributed by atoms with Crippen molar-refractivity contribution in [1.82, 2.24) is 10.6 Å². The van der Waals surface area contributed by atoms with E-state index in [4.69, 9.17) is 0 Å². The predicted octanol–water partition coefficient (Wildman–Crippen LogP) is 0.351. The van der Waals surface area contributed by atoms with Gasteiger partial charge >= 0.3 is 0 Å². The average Bonchev–Trinajstić information content (AvgIpc) is 2.30. The highest BCUT2D eigenvalue weighted by Gasteiger charge is 2.03. The number of carbonyl (C=O) groups is 2. The molecule has 0 unspecified atom stereocenters. The fourth-order valence-corrected chi connectivity index (χ4v) is 1.28. The topological polar surface area (TPSA) is 70.2 Å². The van der Waals surface area contributed by atoms with Crippen LogP contribution in [-0.2, 0) is 9.59 Å². The van der Waals surface area contributed by atoms with Crippen LogP contribution in [0.1, 0.15) is 6.92 Å². The molecule has 1 aromatic carbocycles. The number of para-hydroxylation sites is 1. The largest absolute Gasteiger partial charge is 0.355 e. The third-order valence-corrected chi connectivity index (χ3v) is 2.00. The maximum atomic E-state index is 11.4. The minimum atomic E-state index is -0.166. The summed E-state index contributed by atoms with van der Waals surface area (Å²) in [6.45, 7) is 2.71. The van der Waals surface area contributed by atoms with Crippen LogP contribution in [0.5, 0.6) is 0 Å². The first-order valence-corrected chi connectivity index (χ1v) is 5.54. The molecule has 0 fully saturated rings. The molecule has 0 aromatic heterocycles. The van der Waals surface area contributed by atoms with Crippen molar-refractivity contribution in [2.75, 3.05) is 25.0 Å². The van der Waals surface area contributed by atoms with Gasteiger partial charge in [-0.05, 0) is 19.1 Å². The Bertz CT molecular complexity index is 365. The molecule has 0 heterocycles. The number of anilines is 1. The first kappa shape index (κ1) is 13.2. The van der Waals surface area contributed by atoms with E-state index in [0.717, 1.165) is 5.69 Å². The van der Waals surface area contributed by atoms with E-state index in [0.29, 0.717) is 6.54 Å². The normalized spacial score (nSPS) is 9.71. The van der Waals surface area contributed by atoms with Crippen LogP contribution >= 0.6 is 0 Å². The third kappa shape index (κ3) is 5.67. The Balaban J connectivity index is 2.20. The molecule has 92 valence electrons. The summed E-state index contributed by atoms with van der Waals surface area (Å²) >= 11 is 0. The number of amides is 2. The Morgan fingerprint density at radius 3 is 2.35 bits per heavy atom. The van der Waals surface area contributed by atoms with Crippen LogP contribution in [0.3, 0.4) is 0 Å². The quantitative estimate of drug-likeness (QED) is 0.666. The molecule has 5 heteroatoms. The molecule has 0 atom stereocenters. The Morgan fingerprint density at radius 1 is 1.06 bits per heavy atom. The SMILES string of the molecule is CCNC(=O)CNCC(=O)Nc1ccccc1. The highest BCUT2D eigenvalue weighted by molar-refractivity contribution is 5.92. The highest BCUT2D eigenvalue weighted by atomic mass is 16.2. The summed E-state index contributed by atoms with van der Waals surface area (Å²) in [6, 6.07) is 9.18. The van der Waals surface area contributed by atoms with Gasteiger partial charge in [-0.2, -0.15) is 0 Å². The smallest absolute Gasteiger partial charge is 0.238 e. The van der Waals surface area contributed by atoms with Crippen LogP contribution < -0.4 is 16.0 Å². The number of hydrogen-bond acceptors (Lipinski definition) is 3. The van der Waals surface area contributed by atoms with E-state index in [2.05, 4.69) is 16.0 Å². The van der Waals surface area contributed by atoms with Crippen molar-refractivity contribution in [2.45, 2.75) is 6.92 Å². The Hall–Kier alpha value is -1.88. The molecule has 0 radical (unpaired) electrons. The first-order chi connectivity index (χ1) is 8.22. The zero-order valence-electron chi connectivity index (χ0n) is 9.82. The lowest BCUT2D eigenvalue weighted by Gasteiger charge is -2.06. The van der Waals surface area contributed by atoms with E-state index >= 15 is 0 Å². The van der Waals surface area contributed by atoms with Crippen molar-refractivity contribution in [2.24, 2.45) is 0 Å². The minimum Gasteiger partial charge on any atom is -0.355 e. The zero-order valence-corrected chi connectivity index (χ0v) is 9.82. The van der Waals surface area contributed by atoms with Crippen LogP contribution in [-0.4, -0.2) is 31.4 Å². The van der Waals surface area contributed by atoms with Crippen molar-refractivity contribution >= 4 is 17.5 Å². The Kier molecular flexibility index (Phi) is 5.74. The van der Waals surface area contributed by atoms with Crippen molar-refractivity contribution in [3.63, 3.8) is 0 Å². The summed E-state index contributed by atoms with van der Waals surface area (Å²) in [5, 5.41) is 8.12. The molecular weight excluding hydrogens is 218 g/mol. The van der Waals surface area contributed by atoms with E-state index in [1.165, 1.54) is 0 Å². The molecule has 5 nitrogen and oxygen atoms in total. The van der Waals surface area contributed by atoms with Crippen LogP contribution in [0.4, 0.5) is 5.69 Å². The molecule has 3 N–H and O–H groups in total. The van der Waals surface area contributed by atoms with E-state index in [1.54, 1.807) is 0 Å². The second kappa shape index (κ2) is 7.40. The highest BCUT2D eigenvalue weighted by Crippen LogP contribution is 2.03. The van der Waals surface area contributed by atoms with Gasteiger partial charge < -0.3 is 10.6 Å². The van der Waals surface area contributed by atoms with Crippen molar-refractivity contribution in [3.8, 4) is 0 Å². The number of rotatable bonds is 6. The van der Waals surface area contributed by atoms with Crippen LogP contribution in [0.15, 0.2) is 30.3 Å². The molecule has 0 saturated heterocycles. The fourth-order valence-electron chi connectivity index (χ4n) is 1.28.